The number of hydrogen-bond donors (Lipinski definition) is 0. The van der Waals surface area contributed by atoms with Crippen molar-refractivity contribution in [2.45, 2.75) is 0 Å². The molecular weight excluding hydrogens is 1230 g/mol. The maximum Gasteiger partial charge on any atom is 0.143 e. The Morgan fingerprint density at radius 3 is 1.02 bits per heavy atom. The Kier molecular flexibility index (Phi) is 8.90. The van der Waals surface area contributed by atoms with Crippen molar-refractivity contribution in [1.29, 1.82) is 0 Å². The number of benzene rings is 20. The van der Waals surface area contributed by atoms with Crippen molar-refractivity contribution >= 4 is 152 Å². The molecule has 2 heterocycles. The molecule has 0 bridgehead atoms. The third-order valence-electron chi connectivity index (χ3n) is 20.0. The average molecular weight is 1320 g/mol. The van der Waals surface area contributed by atoms with Crippen LogP contribution in [0.1, 0.15) is 31.5 Å². The molecule has 2 nitrogen and oxygen atoms in total. The highest BCUT2D eigenvalue weighted by Crippen LogP contribution is 2.51. The second-order valence-electron chi connectivity index (χ2n) is 25.4. The van der Waals surface area contributed by atoms with Crippen molar-refractivity contribution in [3.63, 3.8) is 0 Å². The van der Waals surface area contributed by atoms with Crippen LogP contribution in [0.25, 0.3) is 218 Å². The van der Waals surface area contributed by atoms with E-state index in [2.05, 4.69) is 24.3 Å². The van der Waals surface area contributed by atoms with Crippen LogP contribution in [0.5, 0.6) is 0 Å². The van der Waals surface area contributed by atoms with Crippen LogP contribution in [0.2, 0.25) is 0 Å². The van der Waals surface area contributed by atoms with Crippen LogP contribution in [0, 0.1) is 0 Å². The lowest BCUT2D eigenvalue weighted by atomic mass is 9.83. The summed E-state index contributed by atoms with van der Waals surface area (Å²) >= 11 is 0. The molecule has 0 fully saturated rings. The average Bonchev–Trinajstić information content (AvgIpc) is 1.25. The summed E-state index contributed by atoms with van der Waals surface area (Å²) in [4.78, 5) is 0. The summed E-state index contributed by atoms with van der Waals surface area (Å²) in [5, 5.41) is 11.8. The number of rotatable bonds is 6. The fourth-order valence-corrected chi connectivity index (χ4v) is 15.6. The Balaban J connectivity index is 0.000000154. The first-order valence-corrected chi connectivity index (χ1v) is 33.3. The predicted molar refractivity (Wildman–Crippen MR) is 435 cm³/mol. The highest BCUT2D eigenvalue weighted by Gasteiger charge is 2.24. The number of fused-ring (bicyclic) bond motifs is 18. The molecule has 22 aromatic rings. The van der Waals surface area contributed by atoms with Gasteiger partial charge in [-0.3, -0.25) is 0 Å². The van der Waals surface area contributed by atoms with Crippen LogP contribution < -0.4 is 0 Å². The fourth-order valence-electron chi connectivity index (χ4n) is 15.6. The van der Waals surface area contributed by atoms with E-state index in [1.165, 1.54) is 0 Å². The summed E-state index contributed by atoms with van der Waals surface area (Å²) in [5.74, 6) is 0. The minimum absolute atomic E-state index is 0.0125. The van der Waals surface area contributed by atoms with Gasteiger partial charge in [0.05, 0.1) is 31.5 Å². The Bertz CT molecular complexity index is 8560. The van der Waals surface area contributed by atoms with Gasteiger partial charge in [-0.25, -0.2) is 0 Å². The van der Waals surface area contributed by atoms with E-state index in [0.29, 0.717) is 61.1 Å². The molecule has 0 radical (unpaired) electrons. The zero-order valence-corrected chi connectivity index (χ0v) is 53.7. The molecule has 0 aliphatic heterocycles. The molecule has 2 aromatic heterocycles. The summed E-state index contributed by atoms with van der Waals surface area (Å²) in [6, 6.07) is 59.2. The van der Waals surface area contributed by atoms with Crippen molar-refractivity contribution < 1.29 is 40.4 Å². The van der Waals surface area contributed by atoms with Gasteiger partial charge in [0.15, 0.2) is 0 Å². The van der Waals surface area contributed by atoms with E-state index in [1.54, 1.807) is 12.1 Å². The van der Waals surface area contributed by atoms with Gasteiger partial charge >= 0.3 is 0 Å². The molecule has 0 saturated carbocycles. The molecule has 0 amide bonds. The molecule has 0 N–H and O–H groups in total. The van der Waals surface area contributed by atoms with Crippen LogP contribution in [0.15, 0.2) is 372 Å². The standard InChI is InChI=1S/2C50H30O/c1-4-17-35-31(13-1)16-11-24-38(35)48-41-22-9-7-20-39(41)47(40-21-8-10-23-42(40)48)34-29-33-15-3-5-18-36(33)45(30-34)43-25-12-26-44-49-37-19-6-2-14-32(37)27-28-46(49)51-50(43)44;1-2-14-33-28-35(25-24-31(33)12-1)47-39-18-7-9-20-41(39)48(42-21-10-8-19-40(42)47)36-29-34-15-4-5-16-37(34)45(30-36)43-22-11-23-44-49-38-17-6-3-13-32(38)26-27-46(49)51-50(43)44/h2*1-30H/i1D,4D,7D,8D,9D,10D,11D,13D,16D,17D,20D,21D,22D,23D,24D;7D,8D,9D,10D,18D,19D,20D,21D. The molecule has 472 valence electrons. The summed E-state index contributed by atoms with van der Waals surface area (Å²) in [7, 11) is 0. The van der Waals surface area contributed by atoms with Gasteiger partial charge in [0.2, 0.25) is 0 Å². The number of para-hydroxylation sites is 2. The molecule has 102 heavy (non-hydrogen) atoms. The van der Waals surface area contributed by atoms with Crippen molar-refractivity contribution in [1.82, 2.24) is 0 Å². The third kappa shape index (κ3) is 9.00. The lowest BCUT2D eigenvalue weighted by Crippen LogP contribution is -1.92. The first-order chi connectivity index (χ1) is 60.2. The minimum atomic E-state index is -0.762. The van der Waals surface area contributed by atoms with E-state index < -0.39 is 131 Å². The van der Waals surface area contributed by atoms with Gasteiger partial charge in [-0.1, -0.05) is 321 Å². The SMILES string of the molecule is [2H]c1c([2H])c([2H])c2c(-c3c4c([2H])c([2H])c([2H])c([2H])c4c(-c4cc(-c5cccc6c5oc5ccc7ccccc7c56)c5ccccc5c4)c4c([2H])c([2H])c([2H])c([2H])c34)c([2H])c([2H])c([2H])c2c1[2H].[2H]c1c([2H])c([2H])c2c(-c3cc(-c4cccc5c4oc4ccc6ccccc6c45)c4ccccc4c3)c3c([2H])c([2H])c([2H])c([2H])c3c(-c3ccc4ccccc4c3)c2c1[2H]. The maximum absolute atomic E-state index is 9.58. The van der Waals surface area contributed by atoms with E-state index in [-0.39, 0.29) is 78.4 Å². The van der Waals surface area contributed by atoms with Crippen LogP contribution >= 0.6 is 0 Å². The molecule has 0 atom stereocenters. The van der Waals surface area contributed by atoms with E-state index in [4.69, 9.17) is 28.0 Å². The number of hydrogen-bond acceptors (Lipinski definition) is 2. The molecule has 22 rings (SSSR count). The van der Waals surface area contributed by atoms with Crippen molar-refractivity contribution in [2.24, 2.45) is 0 Å². The first-order valence-electron chi connectivity index (χ1n) is 44.8. The Morgan fingerprint density at radius 1 is 0.186 bits per heavy atom. The molecule has 20 aromatic carbocycles. The molecular formula is C100H60O2. The van der Waals surface area contributed by atoms with E-state index in [0.717, 1.165) is 86.7 Å². The van der Waals surface area contributed by atoms with Gasteiger partial charge in [0.1, 0.15) is 22.3 Å². The first kappa shape index (κ1) is 39.3. The summed E-state index contributed by atoms with van der Waals surface area (Å²) in [5.41, 5.74) is 6.84. The van der Waals surface area contributed by atoms with Crippen molar-refractivity contribution in [2.75, 3.05) is 0 Å². The Morgan fingerprint density at radius 2 is 0.539 bits per heavy atom. The predicted octanol–water partition coefficient (Wildman–Crippen LogP) is 28.7. The second kappa shape index (κ2) is 23.1. The van der Waals surface area contributed by atoms with Crippen LogP contribution in [-0.2, 0) is 0 Å². The van der Waals surface area contributed by atoms with Gasteiger partial charge in [0.25, 0.3) is 0 Å². The van der Waals surface area contributed by atoms with Gasteiger partial charge in [-0.05, 0) is 206 Å². The molecule has 0 aliphatic carbocycles. The smallest absolute Gasteiger partial charge is 0.143 e. The zero-order valence-electron chi connectivity index (χ0n) is 76.7. The van der Waals surface area contributed by atoms with E-state index >= 15 is 0 Å². The van der Waals surface area contributed by atoms with Crippen LogP contribution in [0.4, 0.5) is 0 Å². The summed E-state index contributed by atoms with van der Waals surface area (Å²) < 4.78 is 223. The van der Waals surface area contributed by atoms with Crippen molar-refractivity contribution in [3.8, 4) is 66.8 Å². The summed E-state index contributed by atoms with van der Waals surface area (Å²) in [6.45, 7) is 0. The van der Waals surface area contributed by atoms with Crippen LogP contribution in [0.3, 0.4) is 0 Å². The monoisotopic (exact) mass is 1320 g/mol. The zero-order chi connectivity index (χ0) is 87.0. The highest BCUT2D eigenvalue weighted by atomic mass is 16.3. The Hall–Kier alpha value is -13.4. The second-order valence-corrected chi connectivity index (χ2v) is 25.4. The fraction of sp³-hybridized carbons (Fsp3) is 0. The molecule has 2 heteroatoms. The van der Waals surface area contributed by atoms with E-state index in [9.17, 15) is 12.3 Å². The lowest BCUT2D eigenvalue weighted by Gasteiger charge is -2.20. The van der Waals surface area contributed by atoms with Crippen molar-refractivity contribution in [3.05, 3.63) is 363 Å². The molecule has 0 aliphatic rings. The van der Waals surface area contributed by atoms with Crippen LogP contribution in [-0.4, -0.2) is 0 Å². The molecule has 0 saturated heterocycles. The largest absolute Gasteiger partial charge is 0.455 e. The lowest BCUT2D eigenvalue weighted by molar-refractivity contribution is 0.670. The van der Waals surface area contributed by atoms with Gasteiger partial charge in [-0.2, -0.15) is 0 Å². The Labute approximate surface area is 619 Å². The minimum Gasteiger partial charge on any atom is -0.455 e. The topological polar surface area (TPSA) is 26.3 Å². The molecule has 0 unspecified atom stereocenters. The quantitative estimate of drug-likeness (QED) is 0.155. The van der Waals surface area contributed by atoms with Gasteiger partial charge < -0.3 is 8.83 Å². The van der Waals surface area contributed by atoms with E-state index in [1.807, 2.05) is 188 Å². The van der Waals surface area contributed by atoms with Gasteiger partial charge in [0, 0.05) is 32.7 Å². The third-order valence-corrected chi connectivity index (χ3v) is 20.0. The number of furan rings is 2. The highest BCUT2D eigenvalue weighted by molar-refractivity contribution is 6.28. The normalized spacial score (nSPS) is 15.1. The van der Waals surface area contributed by atoms with Gasteiger partial charge in [-0.15, -0.1) is 0 Å². The summed E-state index contributed by atoms with van der Waals surface area (Å²) in [6.07, 6.45) is 0. The maximum atomic E-state index is 9.58. The molecule has 0 spiro atoms.